The second-order valence-electron chi connectivity index (χ2n) is 12.8. The molecule has 0 saturated heterocycles. The van der Waals surface area contributed by atoms with Crippen molar-refractivity contribution in [3.63, 3.8) is 0 Å². The van der Waals surface area contributed by atoms with Crippen molar-refractivity contribution in [2.45, 2.75) is 155 Å². The van der Waals surface area contributed by atoms with Crippen molar-refractivity contribution in [1.29, 1.82) is 0 Å². The zero-order chi connectivity index (χ0) is 31.7. The Hall–Kier alpha value is -1.70. The minimum atomic E-state index is -0.804. The van der Waals surface area contributed by atoms with Gasteiger partial charge in [-0.3, -0.25) is 0 Å². The summed E-state index contributed by atoms with van der Waals surface area (Å²) >= 11 is 4.15. The number of aryl methyl sites for hydroxylation is 2. The van der Waals surface area contributed by atoms with Gasteiger partial charge in [0.1, 0.15) is 5.52 Å². The fraction of sp³-hybridized carbons (Fsp3) is 0.632. The molecule has 7 heteroatoms. The van der Waals surface area contributed by atoms with Crippen LogP contribution in [0.4, 0.5) is 8.78 Å². The highest BCUT2D eigenvalue weighted by atomic mass is 32.1. The van der Waals surface area contributed by atoms with Gasteiger partial charge < -0.3 is 0 Å². The van der Waals surface area contributed by atoms with Crippen LogP contribution in [0.3, 0.4) is 0 Å². The van der Waals surface area contributed by atoms with Gasteiger partial charge in [0.05, 0.1) is 15.8 Å². The van der Waals surface area contributed by atoms with Gasteiger partial charge in [-0.05, 0) is 71.2 Å². The molecule has 3 aromatic heterocycles. The quantitative estimate of drug-likeness (QED) is 0.0692. The first-order chi connectivity index (χ1) is 22.1. The Balaban J connectivity index is 1.29. The Kier molecular flexibility index (Phi) is 16.5. The molecule has 3 heterocycles. The van der Waals surface area contributed by atoms with Gasteiger partial charge >= 0.3 is 0 Å². The molecule has 0 aliphatic heterocycles. The monoisotopic (exact) mass is 672 g/mol. The lowest BCUT2D eigenvalue weighted by atomic mass is 10.0. The van der Waals surface area contributed by atoms with Crippen molar-refractivity contribution in [1.82, 2.24) is 9.59 Å². The molecule has 1 aromatic carbocycles. The summed E-state index contributed by atoms with van der Waals surface area (Å²) in [6.07, 6.45) is 28.1. The van der Waals surface area contributed by atoms with Crippen LogP contribution in [0.5, 0.6) is 0 Å². The smallest absolute Gasteiger partial charge is 0.170 e. The first-order valence-corrected chi connectivity index (χ1v) is 20.5. The number of unbranched alkanes of at least 4 members (excludes halogenated alkanes) is 18. The van der Waals surface area contributed by atoms with E-state index in [1.807, 2.05) is 12.1 Å². The molecule has 4 aromatic rings. The van der Waals surface area contributed by atoms with Gasteiger partial charge in [-0.2, -0.15) is 0 Å². The Labute approximate surface area is 283 Å². The highest BCUT2D eigenvalue weighted by Gasteiger charge is 2.26. The number of nitrogens with zero attached hydrogens (tertiary/aromatic N) is 2. The van der Waals surface area contributed by atoms with Crippen LogP contribution in [0.15, 0.2) is 22.9 Å². The van der Waals surface area contributed by atoms with E-state index in [2.05, 4.69) is 34.2 Å². The number of rotatable bonds is 24. The molecule has 0 bridgehead atoms. The molecule has 45 heavy (non-hydrogen) atoms. The van der Waals surface area contributed by atoms with Crippen LogP contribution in [-0.2, 0) is 12.8 Å². The fourth-order valence-electron chi connectivity index (χ4n) is 6.30. The van der Waals surface area contributed by atoms with E-state index in [0.29, 0.717) is 15.8 Å². The maximum absolute atomic E-state index is 15.8. The number of aromatic nitrogens is 2. The van der Waals surface area contributed by atoms with E-state index >= 15 is 8.78 Å². The highest BCUT2D eigenvalue weighted by molar-refractivity contribution is 7.16. The first-order valence-electron chi connectivity index (χ1n) is 17.9. The molecule has 0 aliphatic carbocycles. The van der Waals surface area contributed by atoms with Crippen LogP contribution < -0.4 is 0 Å². The summed E-state index contributed by atoms with van der Waals surface area (Å²) in [6, 6.07) is 4.08. The van der Waals surface area contributed by atoms with E-state index in [9.17, 15) is 0 Å². The maximum Gasteiger partial charge on any atom is 0.170 e. The van der Waals surface area contributed by atoms with E-state index < -0.39 is 11.6 Å². The van der Waals surface area contributed by atoms with Crippen LogP contribution in [0.1, 0.15) is 153 Å². The summed E-state index contributed by atoms with van der Waals surface area (Å²) in [5, 5.41) is 8.51. The number of thiophene rings is 2. The number of halogens is 2. The molecule has 0 atom stereocenters. The van der Waals surface area contributed by atoms with Gasteiger partial charge in [-0.15, -0.1) is 27.8 Å². The lowest BCUT2D eigenvalue weighted by Crippen LogP contribution is -1.95. The van der Waals surface area contributed by atoms with Crippen molar-refractivity contribution in [2.24, 2.45) is 0 Å². The second kappa shape index (κ2) is 20.5. The molecular formula is C38H54F2N2S3. The molecule has 0 fully saturated rings. The second-order valence-corrected chi connectivity index (χ2v) is 15.4. The lowest BCUT2D eigenvalue weighted by molar-refractivity contribution is 0.516. The van der Waals surface area contributed by atoms with Crippen molar-refractivity contribution in [3.8, 4) is 20.9 Å². The molecule has 248 valence electrons. The van der Waals surface area contributed by atoms with Gasteiger partial charge in [0, 0.05) is 9.75 Å². The topological polar surface area (TPSA) is 25.8 Å². The number of benzene rings is 1. The van der Waals surface area contributed by atoms with Gasteiger partial charge in [0.2, 0.25) is 0 Å². The number of hydrogen-bond acceptors (Lipinski definition) is 5. The number of hydrogen-bond donors (Lipinski definition) is 0. The normalized spacial score (nSPS) is 11.7. The summed E-state index contributed by atoms with van der Waals surface area (Å²) < 4.78 is 36.4. The molecule has 0 aliphatic rings. The van der Waals surface area contributed by atoms with Gasteiger partial charge in [-0.25, -0.2) is 8.78 Å². The Morgan fingerprint density at radius 1 is 0.533 bits per heavy atom. The maximum atomic E-state index is 15.8. The number of fused-ring (bicyclic) bond motifs is 1. The summed E-state index contributed by atoms with van der Waals surface area (Å²) in [5.41, 5.74) is 3.47. The molecule has 2 nitrogen and oxygen atoms in total. The Morgan fingerprint density at radius 3 is 1.40 bits per heavy atom. The fourth-order valence-corrected chi connectivity index (χ4v) is 9.06. The van der Waals surface area contributed by atoms with Crippen LogP contribution in [0.25, 0.3) is 31.1 Å². The Morgan fingerprint density at radius 2 is 0.933 bits per heavy atom. The SMILES string of the molecule is CCCCCCCCCCCCc1csc(-c2c(F)c(F)c(-c3cc(CCCCCCCCCCCC)cs3)c3snnc23)c1. The van der Waals surface area contributed by atoms with Crippen LogP contribution >= 0.6 is 34.2 Å². The average Bonchev–Trinajstić information content (AvgIpc) is 3.82. The third-order valence-corrected chi connectivity index (χ3v) is 11.8. The minimum absolute atomic E-state index is 0.265. The zero-order valence-electron chi connectivity index (χ0n) is 27.7. The van der Waals surface area contributed by atoms with E-state index in [1.54, 1.807) is 0 Å². The molecule has 0 unspecified atom stereocenters. The molecule has 0 radical (unpaired) electrons. The van der Waals surface area contributed by atoms with Crippen molar-refractivity contribution >= 4 is 44.4 Å². The average molecular weight is 673 g/mol. The van der Waals surface area contributed by atoms with Crippen LogP contribution in [0, 0.1) is 11.6 Å². The molecule has 0 N–H and O–H groups in total. The van der Waals surface area contributed by atoms with Gasteiger partial charge in [0.25, 0.3) is 0 Å². The minimum Gasteiger partial charge on any atom is -0.203 e. The third-order valence-electron chi connectivity index (χ3n) is 9.02. The lowest BCUT2D eigenvalue weighted by Gasteiger charge is -2.08. The van der Waals surface area contributed by atoms with Gasteiger partial charge in [-0.1, -0.05) is 134 Å². The molecule has 0 amide bonds. The van der Waals surface area contributed by atoms with Crippen LogP contribution in [0.2, 0.25) is 0 Å². The molecule has 0 saturated carbocycles. The molecular weight excluding hydrogens is 619 g/mol. The summed E-state index contributed by atoms with van der Waals surface area (Å²) in [4.78, 5) is 1.51. The predicted octanol–water partition coefficient (Wildman–Crippen LogP) is 14.4. The standard InChI is InChI=1S/C38H54F2N2S3/c1-3-5-7-9-11-13-15-17-19-21-23-29-25-31(43-27-29)33-35(39)36(40)34(38-37(33)41-42-45-38)32-26-30(28-44-32)24-22-20-18-16-14-12-10-8-6-4-2/h25-28H,3-24H2,1-2H3. The predicted molar refractivity (Wildman–Crippen MR) is 195 cm³/mol. The molecule has 0 spiro atoms. The van der Waals surface area contributed by atoms with Crippen LogP contribution in [-0.4, -0.2) is 9.59 Å². The third kappa shape index (κ3) is 11.2. The zero-order valence-corrected chi connectivity index (χ0v) is 30.2. The van der Waals surface area contributed by atoms with E-state index in [4.69, 9.17) is 0 Å². The first kappa shape index (κ1) is 36.1. The summed E-state index contributed by atoms with van der Waals surface area (Å²) in [6.45, 7) is 4.52. The van der Waals surface area contributed by atoms with Gasteiger partial charge in [0.15, 0.2) is 11.6 Å². The largest absolute Gasteiger partial charge is 0.203 e. The van der Waals surface area contributed by atoms with Crippen molar-refractivity contribution in [2.75, 3.05) is 0 Å². The molecule has 4 rings (SSSR count). The van der Waals surface area contributed by atoms with E-state index in [-0.39, 0.29) is 5.56 Å². The van der Waals surface area contributed by atoms with Crippen molar-refractivity contribution < 1.29 is 8.78 Å². The summed E-state index contributed by atoms with van der Waals surface area (Å²) in [7, 11) is 0. The van der Waals surface area contributed by atoms with Crippen molar-refractivity contribution in [3.05, 3.63) is 45.7 Å². The van der Waals surface area contributed by atoms with E-state index in [1.165, 1.54) is 149 Å². The van der Waals surface area contributed by atoms with E-state index in [0.717, 1.165) is 47.0 Å². The summed E-state index contributed by atoms with van der Waals surface area (Å²) in [5.74, 6) is -1.58. The Bertz CT molecular complexity index is 1290. The highest BCUT2D eigenvalue weighted by Crippen LogP contribution is 2.44.